The van der Waals surface area contributed by atoms with Gasteiger partial charge in [-0.2, -0.15) is 5.10 Å². The molecule has 6 heteroatoms. The Morgan fingerprint density at radius 3 is 2.75 bits per heavy atom. The third-order valence-electron chi connectivity index (χ3n) is 2.92. The highest BCUT2D eigenvalue weighted by Crippen LogP contribution is 2.35. The molecule has 0 aliphatic carbocycles. The summed E-state index contributed by atoms with van der Waals surface area (Å²) in [6, 6.07) is 10.3. The molecule has 0 bridgehead atoms. The maximum atomic E-state index is 14.1. The molecule has 0 saturated heterocycles. The SMILES string of the molecule is Nc1n[nH]c(-c2ccc(Br)cc2F)c1-c1ccccn1. The van der Waals surface area contributed by atoms with Crippen molar-refractivity contribution in [3.05, 3.63) is 52.9 Å². The van der Waals surface area contributed by atoms with Crippen LogP contribution in [0.4, 0.5) is 10.2 Å². The minimum Gasteiger partial charge on any atom is -0.382 e. The van der Waals surface area contributed by atoms with Gasteiger partial charge < -0.3 is 5.73 Å². The second kappa shape index (κ2) is 5.05. The number of nitrogens with two attached hydrogens (primary N) is 1. The summed E-state index contributed by atoms with van der Waals surface area (Å²) in [6.07, 6.45) is 1.66. The first-order chi connectivity index (χ1) is 9.66. The van der Waals surface area contributed by atoms with Crippen LogP contribution in [0.5, 0.6) is 0 Å². The summed E-state index contributed by atoms with van der Waals surface area (Å²) < 4.78 is 14.8. The highest BCUT2D eigenvalue weighted by atomic mass is 79.9. The van der Waals surface area contributed by atoms with Gasteiger partial charge in [-0.05, 0) is 30.3 Å². The standard InChI is InChI=1S/C14H10BrFN4/c15-8-4-5-9(10(16)7-8)13-12(14(17)20-19-13)11-3-1-2-6-18-11/h1-7H,(H3,17,19,20). The van der Waals surface area contributed by atoms with Gasteiger partial charge in [-0.3, -0.25) is 10.1 Å². The molecule has 1 aromatic carbocycles. The van der Waals surface area contributed by atoms with Gasteiger partial charge in [0.25, 0.3) is 0 Å². The Morgan fingerprint density at radius 1 is 1.20 bits per heavy atom. The van der Waals surface area contributed by atoms with E-state index in [1.807, 2.05) is 12.1 Å². The summed E-state index contributed by atoms with van der Waals surface area (Å²) >= 11 is 3.23. The molecule has 3 rings (SSSR count). The molecule has 0 aliphatic rings. The van der Waals surface area contributed by atoms with E-state index in [1.54, 1.807) is 24.4 Å². The number of nitrogens with zero attached hydrogens (tertiary/aromatic N) is 2. The number of benzene rings is 1. The minimum absolute atomic E-state index is 0.293. The van der Waals surface area contributed by atoms with Crippen LogP contribution in [-0.4, -0.2) is 15.2 Å². The maximum Gasteiger partial charge on any atom is 0.155 e. The zero-order valence-corrected chi connectivity index (χ0v) is 11.9. The molecule has 0 aliphatic heterocycles. The molecular weight excluding hydrogens is 323 g/mol. The molecule has 2 heterocycles. The van der Waals surface area contributed by atoms with Crippen molar-refractivity contribution in [3.63, 3.8) is 0 Å². The Morgan fingerprint density at radius 2 is 2.05 bits per heavy atom. The van der Waals surface area contributed by atoms with E-state index in [0.717, 1.165) is 0 Å². The van der Waals surface area contributed by atoms with Gasteiger partial charge in [-0.25, -0.2) is 4.39 Å². The van der Waals surface area contributed by atoms with Gasteiger partial charge in [0, 0.05) is 16.2 Å². The van der Waals surface area contributed by atoms with Crippen molar-refractivity contribution in [2.45, 2.75) is 0 Å². The van der Waals surface area contributed by atoms with Crippen molar-refractivity contribution in [1.82, 2.24) is 15.2 Å². The molecule has 0 spiro atoms. The van der Waals surface area contributed by atoms with Crippen LogP contribution in [0.1, 0.15) is 0 Å². The number of anilines is 1. The number of pyridine rings is 1. The first-order valence-electron chi connectivity index (χ1n) is 5.87. The molecule has 3 aromatic rings. The quantitative estimate of drug-likeness (QED) is 0.753. The monoisotopic (exact) mass is 332 g/mol. The van der Waals surface area contributed by atoms with Gasteiger partial charge in [-0.15, -0.1) is 0 Å². The second-order valence-electron chi connectivity index (χ2n) is 4.20. The van der Waals surface area contributed by atoms with Gasteiger partial charge in [0.2, 0.25) is 0 Å². The number of aromatic amines is 1. The van der Waals surface area contributed by atoms with Gasteiger partial charge in [0.05, 0.1) is 17.0 Å². The van der Waals surface area contributed by atoms with Crippen LogP contribution < -0.4 is 5.73 Å². The Hall–Kier alpha value is -2.21. The molecule has 2 aromatic heterocycles. The highest BCUT2D eigenvalue weighted by molar-refractivity contribution is 9.10. The van der Waals surface area contributed by atoms with Gasteiger partial charge in [0.1, 0.15) is 5.82 Å². The van der Waals surface area contributed by atoms with Crippen molar-refractivity contribution >= 4 is 21.7 Å². The van der Waals surface area contributed by atoms with Crippen molar-refractivity contribution < 1.29 is 4.39 Å². The van der Waals surface area contributed by atoms with Crippen molar-refractivity contribution in [1.29, 1.82) is 0 Å². The van der Waals surface area contributed by atoms with Crippen molar-refractivity contribution in [3.8, 4) is 22.5 Å². The number of rotatable bonds is 2. The molecule has 3 N–H and O–H groups in total. The summed E-state index contributed by atoms with van der Waals surface area (Å²) in [7, 11) is 0. The fourth-order valence-corrected chi connectivity index (χ4v) is 2.35. The lowest BCUT2D eigenvalue weighted by Gasteiger charge is -2.05. The Balaban J connectivity index is 2.21. The van der Waals surface area contributed by atoms with E-state index in [1.165, 1.54) is 6.07 Å². The van der Waals surface area contributed by atoms with E-state index in [0.29, 0.717) is 32.8 Å². The third kappa shape index (κ3) is 2.18. The molecule has 0 unspecified atom stereocenters. The van der Waals surface area contributed by atoms with E-state index in [-0.39, 0.29) is 5.82 Å². The fraction of sp³-hybridized carbons (Fsp3) is 0. The predicted octanol–water partition coefficient (Wildman–Crippen LogP) is 3.62. The summed E-state index contributed by atoms with van der Waals surface area (Å²) in [4.78, 5) is 4.24. The highest BCUT2D eigenvalue weighted by Gasteiger charge is 2.18. The first kappa shape index (κ1) is 12.8. The molecule has 0 radical (unpaired) electrons. The van der Waals surface area contributed by atoms with E-state index in [2.05, 4.69) is 31.1 Å². The zero-order chi connectivity index (χ0) is 14.1. The zero-order valence-electron chi connectivity index (χ0n) is 10.3. The molecule has 0 fully saturated rings. The number of nitrogen functional groups attached to an aromatic ring is 1. The Bertz CT molecular complexity index is 755. The number of H-pyrrole nitrogens is 1. The number of aromatic nitrogens is 3. The Kier molecular flexibility index (Phi) is 3.23. The minimum atomic E-state index is -0.361. The van der Waals surface area contributed by atoms with E-state index in [9.17, 15) is 4.39 Å². The lowest BCUT2D eigenvalue weighted by molar-refractivity contribution is 0.630. The van der Waals surface area contributed by atoms with Crippen LogP contribution in [0, 0.1) is 5.82 Å². The van der Waals surface area contributed by atoms with Crippen LogP contribution in [0.2, 0.25) is 0 Å². The van der Waals surface area contributed by atoms with E-state index in [4.69, 9.17) is 5.73 Å². The maximum absolute atomic E-state index is 14.1. The molecule has 4 nitrogen and oxygen atoms in total. The van der Waals surface area contributed by atoms with E-state index < -0.39 is 0 Å². The molecule has 0 atom stereocenters. The average Bonchev–Trinajstić information content (AvgIpc) is 2.81. The van der Waals surface area contributed by atoms with Gasteiger partial charge >= 0.3 is 0 Å². The van der Waals surface area contributed by atoms with Crippen LogP contribution in [-0.2, 0) is 0 Å². The van der Waals surface area contributed by atoms with Gasteiger partial charge in [-0.1, -0.05) is 22.0 Å². The van der Waals surface area contributed by atoms with Crippen molar-refractivity contribution in [2.24, 2.45) is 0 Å². The normalized spacial score (nSPS) is 10.7. The third-order valence-corrected chi connectivity index (χ3v) is 3.41. The molecular formula is C14H10BrFN4. The Labute approximate surface area is 123 Å². The van der Waals surface area contributed by atoms with Crippen LogP contribution in [0.25, 0.3) is 22.5 Å². The van der Waals surface area contributed by atoms with Gasteiger partial charge in [0.15, 0.2) is 5.82 Å². The second-order valence-corrected chi connectivity index (χ2v) is 5.11. The summed E-state index contributed by atoms with van der Waals surface area (Å²) in [5, 5.41) is 6.75. The number of nitrogens with one attached hydrogen (secondary N) is 1. The fourth-order valence-electron chi connectivity index (χ4n) is 2.01. The average molecular weight is 333 g/mol. The van der Waals surface area contributed by atoms with Crippen molar-refractivity contribution in [2.75, 3.05) is 5.73 Å². The largest absolute Gasteiger partial charge is 0.382 e. The van der Waals surface area contributed by atoms with E-state index >= 15 is 0 Å². The molecule has 0 saturated carbocycles. The number of halogens is 2. The summed E-state index contributed by atoms with van der Waals surface area (Å²) in [5.74, 6) is -0.0683. The number of hydrogen-bond donors (Lipinski definition) is 2. The summed E-state index contributed by atoms with van der Waals surface area (Å²) in [6.45, 7) is 0. The molecule has 0 amide bonds. The lowest BCUT2D eigenvalue weighted by atomic mass is 10.0. The van der Waals surface area contributed by atoms with Crippen LogP contribution >= 0.6 is 15.9 Å². The van der Waals surface area contributed by atoms with Crippen LogP contribution in [0.15, 0.2) is 47.1 Å². The lowest BCUT2D eigenvalue weighted by Crippen LogP contribution is -1.92. The topological polar surface area (TPSA) is 67.6 Å². The summed E-state index contributed by atoms with van der Waals surface area (Å²) in [5.41, 5.74) is 8.05. The molecule has 100 valence electrons. The number of hydrogen-bond acceptors (Lipinski definition) is 3. The van der Waals surface area contributed by atoms with Crippen LogP contribution in [0.3, 0.4) is 0 Å². The predicted molar refractivity (Wildman–Crippen MR) is 79.3 cm³/mol. The first-order valence-corrected chi connectivity index (χ1v) is 6.67. The molecule has 20 heavy (non-hydrogen) atoms. The smallest absolute Gasteiger partial charge is 0.155 e.